The Morgan fingerprint density at radius 3 is 2.04 bits per heavy atom. The Kier molecular flexibility index (Phi) is 9.84. The van der Waals surface area contributed by atoms with Gasteiger partial charge in [-0.3, -0.25) is 4.79 Å². The van der Waals surface area contributed by atoms with E-state index in [0.717, 1.165) is 25.7 Å². The van der Waals surface area contributed by atoms with Crippen molar-refractivity contribution in [2.24, 2.45) is 22.7 Å². The summed E-state index contributed by atoms with van der Waals surface area (Å²) in [5.41, 5.74) is -0.759. The second kappa shape index (κ2) is 10.1. The van der Waals surface area contributed by atoms with Gasteiger partial charge in [-0.25, -0.2) is 0 Å². The van der Waals surface area contributed by atoms with Gasteiger partial charge in [0.15, 0.2) is 0 Å². The van der Waals surface area contributed by atoms with Crippen LogP contribution in [0.2, 0.25) is 0 Å². The lowest BCUT2D eigenvalue weighted by atomic mass is 9.45. The summed E-state index contributed by atoms with van der Waals surface area (Å²) in [6, 6.07) is 0. The second-order valence-electron chi connectivity index (χ2n) is 8.42. The topological polar surface area (TPSA) is 55.8 Å². The van der Waals surface area contributed by atoms with Crippen LogP contribution in [0.1, 0.15) is 88.0 Å². The van der Waals surface area contributed by atoms with Gasteiger partial charge in [0.05, 0.1) is 12.2 Å². The maximum absolute atomic E-state index is 11.4. The molecule has 0 bridgehead atoms. The first-order valence-electron chi connectivity index (χ1n) is 10.4. The first-order chi connectivity index (χ1) is 12.1. The number of hydrogen-bond acceptors (Lipinski definition) is 4. The molecular formula is C22H44O4. The van der Waals surface area contributed by atoms with Crippen LogP contribution in [0.4, 0.5) is 0 Å². The molecule has 0 heterocycles. The predicted molar refractivity (Wildman–Crippen MR) is 108 cm³/mol. The van der Waals surface area contributed by atoms with E-state index in [0.29, 0.717) is 12.5 Å². The van der Waals surface area contributed by atoms with Crippen LogP contribution >= 0.6 is 0 Å². The number of rotatable bonds is 3. The minimum atomic E-state index is -0.689. The summed E-state index contributed by atoms with van der Waals surface area (Å²) in [6.07, 6.45) is 3.53. The fourth-order valence-electron chi connectivity index (χ4n) is 5.45. The van der Waals surface area contributed by atoms with E-state index in [-0.39, 0.29) is 28.8 Å². The van der Waals surface area contributed by atoms with Gasteiger partial charge >= 0.3 is 5.97 Å². The Bertz CT molecular complexity index is 430. The van der Waals surface area contributed by atoms with Crippen molar-refractivity contribution in [3.8, 4) is 0 Å². The van der Waals surface area contributed by atoms with Crippen LogP contribution < -0.4 is 0 Å². The molecule has 2 fully saturated rings. The van der Waals surface area contributed by atoms with Gasteiger partial charge in [0.2, 0.25) is 0 Å². The molecule has 0 aliphatic heterocycles. The van der Waals surface area contributed by atoms with Crippen molar-refractivity contribution >= 4 is 5.97 Å². The van der Waals surface area contributed by atoms with Crippen molar-refractivity contribution in [2.75, 3.05) is 13.7 Å². The molecule has 0 radical (unpaired) electrons. The highest BCUT2D eigenvalue weighted by Crippen LogP contribution is 2.62. The SMILES string of the molecule is CC.CC.COCC1C(C)(O)CCC2C(C)(C)C(OC(C)=O)CCC12C. The average molecular weight is 373 g/mol. The van der Waals surface area contributed by atoms with Crippen LogP contribution in [0.5, 0.6) is 0 Å². The van der Waals surface area contributed by atoms with Crippen LogP contribution in [0.25, 0.3) is 0 Å². The molecule has 2 aliphatic carbocycles. The lowest BCUT2D eigenvalue weighted by Crippen LogP contribution is -2.62. The van der Waals surface area contributed by atoms with E-state index < -0.39 is 5.60 Å². The predicted octanol–water partition coefficient (Wildman–Crippen LogP) is 5.22. The number of carbonyl (C=O) groups is 1. The molecule has 4 nitrogen and oxygen atoms in total. The molecule has 0 aromatic rings. The first kappa shape index (κ1) is 25.4. The normalized spacial score (nSPS) is 37.9. The molecule has 0 spiro atoms. The summed E-state index contributed by atoms with van der Waals surface area (Å²) in [5.74, 6) is 0.331. The van der Waals surface area contributed by atoms with Gasteiger partial charge in [-0.15, -0.1) is 0 Å². The van der Waals surface area contributed by atoms with Crippen molar-refractivity contribution < 1.29 is 19.4 Å². The zero-order valence-corrected chi connectivity index (χ0v) is 18.9. The quantitative estimate of drug-likeness (QED) is 0.690. The molecule has 0 aromatic heterocycles. The van der Waals surface area contributed by atoms with E-state index in [1.165, 1.54) is 6.92 Å². The summed E-state index contributed by atoms with van der Waals surface area (Å²) in [7, 11) is 1.71. The summed E-state index contributed by atoms with van der Waals surface area (Å²) < 4.78 is 11.1. The molecule has 0 amide bonds. The number of fused-ring (bicyclic) bond motifs is 1. The van der Waals surface area contributed by atoms with Crippen LogP contribution in [0, 0.1) is 22.7 Å². The third-order valence-electron chi connectivity index (χ3n) is 6.60. The van der Waals surface area contributed by atoms with Crippen molar-refractivity contribution in [3.05, 3.63) is 0 Å². The number of carbonyl (C=O) groups excluding carboxylic acids is 1. The summed E-state index contributed by atoms with van der Waals surface area (Å²) in [6.45, 7) is 18.7. The fraction of sp³-hybridized carbons (Fsp3) is 0.955. The molecule has 5 atom stereocenters. The van der Waals surface area contributed by atoms with Crippen molar-refractivity contribution in [1.82, 2.24) is 0 Å². The Hall–Kier alpha value is -0.610. The Morgan fingerprint density at radius 2 is 1.58 bits per heavy atom. The zero-order valence-electron chi connectivity index (χ0n) is 18.9. The number of esters is 1. The number of aliphatic hydroxyl groups is 1. The highest BCUT2D eigenvalue weighted by atomic mass is 16.5. The largest absolute Gasteiger partial charge is 0.462 e. The van der Waals surface area contributed by atoms with Crippen molar-refractivity contribution in [3.63, 3.8) is 0 Å². The van der Waals surface area contributed by atoms with Crippen LogP contribution in [0.3, 0.4) is 0 Å². The molecule has 2 saturated carbocycles. The lowest BCUT2D eigenvalue weighted by molar-refractivity contribution is -0.213. The van der Waals surface area contributed by atoms with E-state index in [1.807, 2.05) is 34.6 Å². The minimum Gasteiger partial charge on any atom is -0.462 e. The minimum absolute atomic E-state index is 0.0118. The smallest absolute Gasteiger partial charge is 0.302 e. The molecule has 5 unspecified atom stereocenters. The third kappa shape index (κ3) is 5.01. The van der Waals surface area contributed by atoms with E-state index in [2.05, 4.69) is 20.8 Å². The van der Waals surface area contributed by atoms with Crippen LogP contribution in [0.15, 0.2) is 0 Å². The van der Waals surface area contributed by atoms with Gasteiger partial charge in [-0.2, -0.15) is 0 Å². The summed E-state index contributed by atoms with van der Waals surface area (Å²) in [4.78, 5) is 11.4. The van der Waals surface area contributed by atoms with E-state index >= 15 is 0 Å². The summed E-state index contributed by atoms with van der Waals surface area (Å²) in [5, 5.41) is 10.9. The average Bonchev–Trinajstić information content (AvgIpc) is 2.57. The van der Waals surface area contributed by atoms with Crippen LogP contribution in [-0.4, -0.2) is 36.5 Å². The molecule has 0 saturated heterocycles. The Labute approximate surface area is 162 Å². The van der Waals surface area contributed by atoms with Crippen molar-refractivity contribution in [2.45, 2.75) is 99.7 Å². The van der Waals surface area contributed by atoms with Gasteiger partial charge in [-0.05, 0) is 43.9 Å². The van der Waals surface area contributed by atoms with Crippen LogP contribution in [-0.2, 0) is 14.3 Å². The molecular weight excluding hydrogens is 328 g/mol. The molecule has 2 aliphatic rings. The number of methoxy groups -OCH3 is 1. The standard InChI is InChI=1S/C18H32O4.2C2H6/c1-12(19)22-15-8-9-17(4)13(16(15,2)3)7-10-18(5,20)14(17)11-21-6;2*1-2/h13-15,20H,7-11H2,1-6H3;2*1-2H3. The van der Waals surface area contributed by atoms with Crippen molar-refractivity contribution in [1.29, 1.82) is 0 Å². The van der Waals surface area contributed by atoms with E-state index in [9.17, 15) is 9.90 Å². The third-order valence-corrected chi connectivity index (χ3v) is 6.60. The molecule has 4 heteroatoms. The van der Waals surface area contributed by atoms with E-state index in [1.54, 1.807) is 7.11 Å². The molecule has 156 valence electrons. The monoisotopic (exact) mass is 372 g/mol. The van der Waals surface area contributed by atoms with Gasteiger partial charge < -0.3 is 14.6 Å². The maximum Gasteiger partial charge on any atom is 0.302 e. The highest BCUT2D eigenvalue weighted by molar-refractivity contribution is 5.66. The number of hydrogen-bond donors (Lipinski definition) is 1. The van der Waals surface area contributed by atoms with E-state index in [4.69, 9.17) is 9.47 Å². The van der Waals surface area contributed by atoms with Gasteiger partial charge in [0, 0.05) is 25.4 Å². The zero-order chi connectivity index (χ0) is 20.8. The van der Waals surface area contributed by atoms with Gasteiger partial charge in [-0.1, -0.05) is 48.5 Å². The van der Waals surface area contributed by atoms with Gasteiger partial charge in [0.25, 0.3) is 0 Å². The second-order valence-corrected chi connectivity index (χ2v) is 8.42. The molecule has 0 aromatic carbocycles. The Morgan fingerprint density at radius 1 is 1.04 bits per heavy atom. The Balaban J connectivity index is 0.00000146. The van der Waals surface area contributed by atoms with Gasteiger partial charge in [0.1, 0.15) is 6.10 Å². The highest BCUT2D eigenvalue weighted by Gasteiger charge is 2.61. The fourth-order valence-corrected chi connectivity index (χ4v) is 5.45. The molecule has 26 heavy (non-hydrogen) atoms. The molecule has 1 N–H and O–H groups in total. The summed E-state index contributed by atoms with van der Waals surface area (Å²) >= 11 is 0. The first-order valence-corrected chi connectivity index (χ1v) is 10.4. The molecule has 2 rings (SSSR count). The lowest BCUT2D eigenvalue weighted by Gasteiger charge is -2.62. The number of ether oxygens (including phenoxy) is 2. The maximum atomic E-state index is 11.4.